The second-order valence-electron chi connectivity index (χ2n) is 4.97. The van der Waals surface area contributed by atoms with E-state index in [0.717, 1.165) is 24.8 Å². The highest BCUT2D eigenvalue weighted by molar-refractivity contribution is 6.31. The van der Waals surface area contributed by atoms with Crippen LogP contribution in [0.4, 0.5) is 0 Å². The molecule has 0 heterocycles. The molecule has 1 aromatic carbocycles. The van der Waals surface area contributed by atoms with Gasteiger partial charge in [0.1, 0.15) is 0 Å². The van der Waals surface area contributed by atoms with Crippen molar-refractivity contribution in [3.63, 3.8) is 0 Å². The molecule has 19 heavy (non-hydrogen) atoms. The standard InChI is InChI=1S/C14H19ClN2O.ClH/c1-9-5-6-11(15)7-12(9)14(18)17-13-4-2-3-10(13)8-16;/h5-7,10,13H,2-4,8,16H2,1H3,(H,17,18);1H. The normalized spacial score (nSPS) is 21.8. The van der Waals surface area contributed by atoms with Crippen molar-refractivity contribution in [2.45, 2.75) is 32.2 Å². The highest BCUT2D eigenvalue weighted by Crippen LogP contribution is 2.25. The number of halogens is 2. The van der Waals surface area contributed by atoms with Gasteiger partial charge in [0.2, 0.25) is 0 Å². The Bertz CT molecular complexity index is 451. The van der Waals surface area contributed by atoms with Crippen LogP contribution in [-0.2, 0) is 0 Å². The number of nitrogens with one attached hydrogen (secondary N) is 1. The second kappa shape index (κ2) is 7.13. The minimum atomic E-state index is -0.0413. The Morgan fingerprint density at radius 2 is 2.21 bits per heavy atom. The van der Waals surface area contributed by atoms with Crippen LogP contribution < -0.4 is 11.1 Å². The maximum absolute atomic E-state index is 12.2. The van der Waals surface area contributed by atoms with Crippen LogP contribution in [0, 0.1) is 12.8 Å². The van der Waals surface area contributed by atoms with Crippen LogP contribution >= 0.6 is 24.0 Å². The molecule has 3 N–H and O–H groups in total. The highest BCUT2D eigenvalue weighted by atomic mass is 35.5. The van der Waals surface area contributed by atoms with Crippen LogP contribution in [0.25, 0.3) is 0 Å². The molecule has 0 aromatic heterocycles. The van der Waals surface area contributed by atoms with Crippen molar-refractivity contribution in [3.8, 4) is 0 Å². The summed E-state index contributed by atoms with van der Waals surface area (Å²) in [5.41, 5.74) is 7.32. The molecule has 2 unspecified atom stereocenters. The highest BCUT2D eigenvalue weighted by Gasteiger charge is 2.27. The first kappa shape index (κ1) is 16.3. The van der Waals surface area contributed by atoms with E-state index in [4.69, 9.17) is 17.3 Å². The van der Waals surface area contributed by atoms with Gasteiger partial charge in [-0.2, -0.15) is 0 Å². The molecular weight excluding hydrogens is 283 g/mol. The molecule has 1 aromatic rings. The monoisotopic (exact) mass is 302 g/mol. The number of amides is 1. The maximum Gasteiger partial charge on any atom is 0.251 e. The maximum atomic E-state index is 12.2. The number of hydrogen-bond acceptors (Lipinski definition) is 2. The summed E-state index contributed by atoms with van der Waals surface area (Å²) in [5.74, 6) is 0.369. The first-order valence-electron chi connectivity index (χ1n) is 6.39. The molecule has 0 aliphatic heterocycles. The molecule has 2 rings (SSSR count). The van der Waals surface area contributed by atoms with E-state index in [1.54, 1.807) is 12.1 Å². The summed E-state index contributed by atoms with van der Waals surface area (Å²) < 4.78 is 0. The number of rotatable bonds is 3. The largest absolute Gasteiger partial charge is 0.349 e. The van der Waals surface area contributed by atoms with Crippen molar-refractivity contribution in [3.05, 3.63) is 34.3 Å². The minimum absolute atomic E-state index is 0. The molecular formula is C14H20Cl2N2O. The predicted octanol–water partition coefficient (Wildman–Crippen LogP) is 2.93. The van der Waals surface area contributed by atoms with Crippen LogP contribution in [-0.4, -0.2) is 18.5 Å². The third kappa shape index (κ3) is 3.85. The average molecular weight is 303 g/mol. The Balaban J connectivity index is 0.00000180. The lowest BCUT2D eigenvalue weighted by Gasteiger charge is -2.20. The van der Waals surface area contributed by atoms with Crippen molar-refractivity contribution in [2.24, 2.45) is 11.7 Å². The molecule has 0 saturated heterocycles. The summed E-state index contributed by atoms with van der Waals surface area (Å²) in [6.07, 6.45) is 3.27. The van der Waals surface area contributed by atoms with Crippen LogP contribution in [0.1, 0.15) is 35.2 Å². The SMILES string of the molecule is Cc1ccc(Cl)cc1C(=O)NC1CCCC1CN.Cl. The molecule has 3 nitrogen and oxygen atoms in total. The zero-order valence-corrected chi connectivity index (χ0v) is 12.6. The van der Waals surface area contributed by atoms with E-state index >= 15 is 0 Å². The van der Waals surface area contributed by atoms with Crippen molar-refractivity contribution in [1.82, 2.24) is 5.32 Å². The molecule has 1 saturated carbocycles. The van der Waals surface area contributed by atoms with Crippen molar-refractivity contribution in [2.75, 3.05) is 6.54 Å². The number of nitrogens with two attached hydrogens (primary N) is 1. The van der Waals surface area contributed by atoms with Gasteiger partial charge in [0.25, 0.3) is 5.91 Å². The van der Waals surface area contributed by atoms with Crippen LogP contribution in [0.2, 0.25) is 5.02 Å². The summed E-state index contributed by atoms with van der Waals surface area (Å²) >= 11 is 5.93. The van der Waals surface area contributed by atoms with E-state index < -0.39 is 0 Å². The molecule has 5 heteroatoms. The first-order chi connectivity index (χ1) is 8.61. The van der Waals surface area contributed by atoms with Gasteiger partial charge < -0.3 is 11.1 Å². The van der Waals surface area contributed by atoms with Gasteiger partial charge in [-0.3, -0.25) is 4.79 Å². The first-order valence-corrected chi connectivity index (χ1v) is 6.76. The lowest BCUT2D eigenvalue weighted by Crippen LogP contribution is -2.40. The van der Waals surface area contributed by atoms with Gasteiger partial charge >= 0.3 is 0 Å². The number of hydrogen-bond donors (Lipinski definition) is 2. The lowest BCUT2D eigenvalue weighted by atomic mass is 10.0. The van der Waals surface area contributed by atoms with Crippen LogP contribution in [0.15, 0.2) is 18.2 Å². The molecule has 1 aliphatic rings. The molecule has 0 bridgehead atoms. The van der Waals surface area contributed by atoms with Gasteiger partial charge in [0, 0.05) is 16.6 Å². The Labute approximate surface area is 125 Å². The van der Waals surface area contributed by atoms with E-state index in [1.165, 1.54) is 0 Å². The van der Waals surface area contributed by atoms with E-state index in [1.807, 2.05) is 13.0 Å². The number of aryl methyl sites for hydroxylation is 1. The smallest absolute Gasteiger partial charge is 0.251 e. The molecule has 0 radical (unpaired) electrons. The molecule has 1 amide bonds. The van der Waals surface area contributed by atoms with Crippen molar-refractivity contribution >= 4 is 29.9 Å². The fraction of sp³-hybridized carbons (Fsp3) is 0.500. The number of benzene rings is 1. The summed E-state index contributed by atoms with van der Waals surface area (Å²) in [6, 6.07) is 5.59. The number of carbonyl (C=O) groups is 1. The van der Waals surface area contributed by atoms with Gasteiger partial charge in [-0.25, -0.2) is 0 Å². The summed E-state index contributed by atoms with van der Waals surface area (Å²) in [5, 5.41) is 3.68. The third-order valence-electron chi connectivity index (χ3n) is 3.72. The Hall–Kier alpha value is -0.770. The summed E-state index contributed by atoms with van der Waals surface area (Å²) in [6.45, 7) is 2.56. The quantitative estimate of drug-likeness (QED) is 0.902. The second-order valence-corrected chi connectivity index (χ2v) is 5.40. The van der Waals surface area contributed by atoms with Gasteiger partial charge in [-0.1, -0.05) is 24.1 Å². The molecule has 0 spiro atoms. The zero-order valence-electron chi connectivity index (χ0n) is 11.0. The summed E-state index contributed by atoms with van der Waals surface area (Å²) in [4.78, 5) is 12.2. The average Bonchev–Trinajstić information content (AvgIpc) is 2.79. The zero-order chi connectivity index (χ0) is 13.1. The van der Waals surface area contributed by atoms with Crippen molar-refractivity contribution < 1.29 is 4.79 Å². The molecule has 2 atom stereocenters. The molecule has 106 valence electrons. The fourth-order valence-corrected chi connectivity index (χ4v) is 2.77. The third-order valence-corrected chi connectivity index (χ3v) is 3.96. The summed E-state index contributed by atoms with van der Waals surface area (Å²) in [7, 11) is 0. The van der Waals surface area contributed by atoms with Gasteiger partial charge in [-0.15, -0.1) is 12.4 Å². The topological polar surface area (TPSA) is 55.1 Å². The molecule has 1 aliphatic carbocycles. The van der Waals surface area contributed by atoms with E-state index in [2.05, 4.69) is 5.32 Å². The lowest BCUT2D eigenvalue weighted by molar-refractivity contribution is 0.0928. The van der Waals surface area contributed by atoms with E-state index in [9.17, 15) is 4.79 Å². The van der Waals surface area contributed by atoms with E-state index in [-0.39, 0.29) is 24.4 Å². The van der Waals surface area contributed by atoms with Crippen LogP contribution in [0.5, 0.6) is 0 Å². The minimum Gasteiger partial charge on any atom is -0.349 e. The Morgan fingerprint density at radius 1 is 1.47 bits per heavy atom. The number of carbonyl (C=O) groups excluding carboxylic acids is 1. The predicted molar refractivity (Wildman–Crippen MR) is 81.1 cm³/mol. The Kier molecular flexibility index (Phi) is 6.11. The van der Waals surface area contributed by atoms with Crippen molar-refractivity contribution in [1.29, 1.82) is 0 Å². The van der Waals surface area contributed by atoms with Gasteiger partial charge in [0.15, 0.2) is 0 Å². The van der Waals surface area contributed by atoms with Gasteiger partial charge in [0.05, 0.1) is 0 Å². The van der Waals surface area contributed by atoms with E-state index in [0.29, 0.717) is 23.0 Å². The molecule has 1 fully saturated rings. The fourth-order valence-electron chi connectivity index (χ4n) is 2.59. The van der Waals surface area contributed by atoms with Gasteiger partial charge in [-0.05, 0) is 49.9 Å². The van der Waals surface area contributed by atoms with Crippen LogP contribution in [0.3, 0.4) is 0 Å². The Morgan fingerprint density at radius 3 is 2.89 bits per heavy atom.